The highest BCUT2D eigenvalue weighted by Gasteiger charge is 2.15. The van der Waals surface area contributed by atoms with Crippen molar-refractivity contribution in [2.75, 3.05) is 0 Å². The molecule has 0 atom stereocenters. The van der Waals surface area contributed by atoms with Gasteiger partial charge in [0.1, 0.15) is 0 Å². The number of benzene rings is 5. The first-order valence-corrected chi connectivity index (χ1v) is 13.0. The summed E-state index contributed by atoms with van der Waals surface area (Å²) in [7, 11) is 0. The lowest BCUT2D eigenvalue weighted by Gasteiger charge is -2.18. The zero-order valence-electron chi connectivity index (χ0n) is 21.5. The first kappa shape index (κ1) is 21.4. The Morgan fingerprint density at radius 1 is 0.389 bits per heavy atom. The summed E-state index contributed by atoms with van der Waals surface area (Å²) in [6.45, 7) is 9.04. The minimum absolute atomic E-state index is 1.05. The van der Waals surface area contributed by atoms with Crippen molar-refractivity contribution in [1.82, 2.24) is 0 Å². The lowest BCUT2D eigenvalue weighted by molar-refractivity contribution is 1.32. The molecule has 0 aliphatic heterocycles. The molecule has 7 rings (SSSR count). The Kier molecular flexibility index (Phi) is 4.63. The standard InChI is InChI=1S/C36H30/c1-21-11-29-15-25-7-5-9-27(25)17-31(29)19-35(21)33-13-24(4)34(14-23(33)3)36-20-32-18-28-10-6-8-26(28)16-30(32)12-22(36)2/h5-8,11-20H,9-10H2,1-4H3. The van der Waals surface area contributed by atoms with Gasteiger partial charge in [-0.25, -0.2) is 0 Å². The molecular weight excluding hydrogens is 432 g/mol. The molecule has 174 valence electrons. The van der Waals surface area contributed by atoms with Crippen molar-refractivity contribution in [3.63, 3.8) is 0 Å². The minimum atomic E-state index is 1.05. The summed E-state index contributed by atoms with van der Waals surface area (Å²) in [4.78, 5) is 0. The number of hydrogen-bond acceptors (Lipinski definition) is 0. The fraction of sp³-hybridized carbons (Fsp3) is 0.167. The van der Waals surface area contributed by atoms with Gasteiger partial charge in [0.25, 0.3) is 0 Å². The molecule has 5 aromatic carbocycles. The zero-order chi connectivity index (χ0) is 24.6. The van der Waals surface area contributed by atoms with Crippen LogP contribution in [0.1, 0.15) is 44.5 Å². The molecule has 0 aromatic heterocycles. The van der Waals surface area contributed by atoms with Crippen molar-refractivity contribution in [2.24, 2.45) is 0 Å². The van der Waals surface area contributed by atoms with Crippen molar-refractivity contribution < 1.29 is 0 Å². The molecule has 5 aromatic rings. The molecule has 0 radical (unpaired) electrons. The van der Waals surface area contributed by atoms with Crippen LogP contribution in [-0.4, -0.2) is 0 Å². The third kappa shape index (κ3) is 3.28. The van der Waals surface area contributed by atoms with E-state index in [4.69, 9.17) is 0 Å². The van der Waals surface area contributed by atoms with Crippen LogP contribution in [0.25, 0.3) is 56.0 Å². The normalized spacial score (nSPS) is 13.7. The number of aryl methyl sites for hydroxylation is 4. The van der Waals surface area contributed by atoms with Gasteiger partial charge >= 0.3 is 0 Å². The average molecular weight is 463 g/mol. The van der Waals surface area contributed by atoms with Crippen molar-refractivity contribution in [1.29, 1.82) is 0 Å². The molecule has 2 aliphatic rings. The van der Waals surface area contributed by atoms with Gasteiger partial charge in [-0.05, 0) is 153 Å². The number of allylic oxidation sites excluding steroid dienone is 2. The molecule has 0 N–H and O–H groups in total. The summed E-state index contributed by atoms with van der Waals surface area (Å²) in [5.41, 5.74) is 16.3. The van der Waals surface area contributed by atoms with Crippen LogP contribution in [0.4, 0.5) is 0 Å². The highest BCUT2D eigenvalue weighted by molar-refractivity contribution is 5.95. The molecule has 0 spiro atoms. The zero-order valence-corrected chi connectivity index (χ0v) is 21.5. The summed E-state index contributed by atoms with van der Waals surface area (Å²) in [5.74, 6) is 0. The summed E-state index contributed by atoms with van der Waals surface area (Å²) < 4.78 is 0. The molecule has 0 nitrogen and oxygen atoms in total. The van der Waals surface area contributed by atoms with Gasteiger partial charge in [0.05, 0.1) is 0 Å². The first-order chi connectivity index (χ1) is 17.4. The lowest BCUT2D eigenvalue weighted by Crippen LogP contribution is -1.95. The molecule has 0 heterocycles. The second-order valence-corrected chi connectivity index (χ2v) is 10.8. The van der Waals surface area contributed by atoms with Crippen molar-refractivity contribution >= 4 is 33.7 Å². The monoisotopic (exact) mass is 462 g/mol. The molecular formula is C36H30. The van der Waals surface area contributed by atoms with E-state index in [0.717, 1.165) is 12.8 Å². The number of hydrogen-bond donors (Lipinski definition) is 0. The minimum Gasteiger partial charge on any atom is -0.0795 e. The summed E-state index contributed by atoms with van der Waals surface area (Å²) in [6, 6.07) is 23.8. The van der Waals surface area contributed by atoms with E-state index >= 15 is 0 Å². The van der Waals surface area contributed by atoms with E-state index in [1.54, 1.807) is 0 Å². The van der Waals surface area contributed by atoms with Gasteiger partial charge < -0.3 is 0 Å². The first-order valence-electron chi connectivity index (χ1n) is 13.0. The third-order valence-corrected chi connectivity index (χ3v) is 8.31. The maximum atomic E-state index is 2.41. The maximum absolute atomic E-state index is 2.41. The van der Waals surface area contributed by atoms with Crippen LogP contribution < -0.4 is 0 Å². The number of fused-ring (bicyclic) bond motifs is 4. The predicted octanol–water partition coefficient (Wildman–Crippen LogP) is 9.70. The predicted molar refractivity (Wildman–Crippen MR) is 157 cm³/mol. The molecule has 0 heteroatoms. The highest BCUT2D eigenvalue weighted by Crippen LogP contribution is 2.38. The molecule has 0 fully saturated rings. The summed E-state index contributed by atoms with van der Waals surface area (Å²) in [5, 5.41) is 5.35. The smallest absolute Gasteiger partial charge is 0.00880 e. The van der Waals surface area contributed by atoms with Gasteiger partial charge in [-0.1, -0.05) is 60.7 Å². The van der Waals surface area contributed by atoms with Crippen LogP contribution in [0.2, 0.25) is 0 Å². The van der Waals surface area contributed by atoms with E-state index in [1.165, 1.54) is 88.3 Å². The number of rotatable bonds is 2. The topological polar surface area (TPSA) is 0 Å². The van der Waals surface area contributed by atoms with Gasteiger partial charge in [-0.15, -0.1) is 0 Å². The second kappa shape index (κ2) is 7.80. The fourth-order valence-corrected chi connectivity index (χ4v) is 6.32. The van der Waals surface area contributed by atoms with Crippen molar-refractivity contribution in [3.8, 4) is 22.3 Å². The van der Waals surface area contributed by atoms with Gasteiger partial charge in [0, 0.05) is 0 Å². The Labute approximate surface area is 213 Å². The van der Waals surface area contributed by atoms with E-state index in [9.17, 15) is 0 Å². The van der Waals surface area contributed by atoms with Gasteiger partial charge in [-0.2, -0.15) is 0 Å². The van der Waals surface area contributed by atoms with Crippen LogP contribution in [0.15, 0.2) is 72.8 Å². The Balaban J connectivity index is 1.35. The van der Waals surface area contributed by atoms with Crippen LogP contribution in [0.3, 0.4) is 0 Å². The SMILES string of the molecule is Cc1cc(-c2cc3cc4c(cc3cc2C)C=CC4)c(C)cc1-c1cc2cc3c(cc2cc1C)C=CC3. The molecule has 0 unspecified atom stereocenters. The van der Waals surface area contributed by atoms with E-state index in [0.29, 0.717) is 0 Å². The van der Waals surface area contributed by atoms with Crippen LogP contribution in [0.5, 0.6) is 0 Å². The van der Waals surface area contributed by atoms with E-state index in [1.807, 2.05) is 0 Å². The van der Waals surface area contributed by atoms with Gasteiger partial charge in [-0.3, -0.25) is 0 Å². The lowest BCUT2D eigenvalue weighted by atomic mass is 9.87. The summed E-state index contributed by atoms with van der Waals surface area (Å²) in [6.07, 6.45) is 11.1. The van der Waals surface area contributed by atoms with E-state index in [-0.39, 0.29) is 0 Å². The van der Waals surface area contributed by atoms with Crippen LogP contribution in [0, 0.1) is 27.7 Å². The molecule has 2 aliphatic carbocycles. The van der Waals surface area contributed by atoms with E-state index < -0.39 is 0 Å². The van der Waals surface area contributed by atoms with Crippen molar-refractivity contribution in [2.45, 2.75) is 40.5 Å². The Hall–Kier alpha value is -3.90. The Morgan fingerprint density at radius 3 is 1.19 bits per heavy atom. The largest absolute Gasteiger partial charge is 0.0795 e. The highest BCUT2D eigenvalue weighted by atomic mass is 14.2. The average Bonchev–Trinajstić information content (AvgIpc) is 3.50. The molecule has 36 heavy (non-hydrogen) atoms. The van der Waals surface area contributed by atoms with Gasteiger partial charge in [0.15, 0.2) is 0 Å². The third-order valence-electron chi connectivity index (χ3n) is 8.31. The van der Waals surface area contributed by atoms with Gasteiger partial charge in [0.2, 0.25) is 0 Å². The van der Waals surface area contributed by atoms with Crippen molar-refractivity contribution in [3.05, 3.63) is 117 Å². The van der Waals surface area contributed by atoms with E-state index in [2.05, 4.69) is 113 Å². The second-order valence-electron chi connectivity index (χ2n) is 10.8. The van der Waals surface area contributed by atoms with Crippen LogP contribution >= 0.6 is 0 Å². The molecule has 0 bridgehead atoms. The molecule has 0 saturated carbocycles. The Bertz CT molecular complexity index is 1670. The van der Waals surface area contributed by atoms with Crippen LogP contribution in [-0.2, 0) is 12.8 Å². The molecule has 0 saturated heterocycles. The quantitative estimate of drug-likeness (QED) is 0.245. The molecule has 0 amide bonds. The maximum Gasteiger partial charge on any atom is -0.00880 e. The summed E-state index contributed by atoms with van der Waals surface area (Å²) >= 11 is 0. The Morgan fingerprint density at radius 2 is 0.750 bits per heavy atom. The fourth-order valence-electron chi connectivity index (χ4n) is 6.32.